The lowest BCUT2D eigenvalue weighted by atomic mass is 9.90. The molecule has 0 saturated carbocycles. The van der Waals surface area contributed by atoms with E-state index in [2.05, 4.69) is 100 Å². The quantitative estimate of drug-likeness (QED) is 0.206. The van der Waals surface area contributed by atoms with Crippen molar-refractivity contribution in [3.8, 4) is 0 Å². The van der Waals surface area contributed by atoms with Gasteiger partial charge in [0.1, 0.15) is 0 Å². The van der Waals surface area contributed by atoms with E-state index in [0.717, 1.165) is 51.2 Å². The molecule has 1 unspecified atom stereocenters. The van der Waals surface area contributed by atoms with E-state index >= 15 is 0 Å². The zero-order valence-corrected chi connectivity index (χ0v) is 25.8. The van der Waals surface area contributed by atoms with E-state index in [9.17, 15) is 5.11 Å². The van der Waals surface area contributed by atoms with Gasteiger partial charge in [-0.15, -0.1) is 38.1 Å². The number of benzene rings is 1. The van der Waals surface area contributed by atoms with Crippen LogP contribution in [-0.2, 0) is 6.54 Å². The highest BCUT2D eigenvalue weighted by Gasteiger charge is 2.23. The summed E-state index contributed by atoms with van der Waals surface area (Å²) in [5.74, 6) is 0.999. The van der Waals surface area contributed by atoms with Crippen molar-refractivity contribution < 1.29 is 5.11 Å². The average molecular weight is 542 g/mol. The van der Waals surface area contributed by atoms with E-state index in [4.69, 9.17) is 0 Å². The molecule has 0 aromatic heterocycles. The van der Waals surface area contributed by atoms with E-state index in [0.29, 0.717) is 5.41 Å². The summed E-state index contributed by atoms with van der Waals surface area (Å²) in [6.45, 7) is 28.8. The maximum absolute atomic E-state index is 9.36. The molecule has 2 aliphatic heterocycles. The minimum atomic E-state index is -0.142. The molecule has 2 heterocycles. The predicted octanol–water partition coefficient (Wildman–Crippen LogP) is 8.11. The van der Waals surface area contributed by atoms with Gasteiger partial charge in [0.05, 0.1) is 12.0 Å². The molecule has 1 aromatic carbocycles. The van der Waals surface area contributed by atoms with Gasteiger partial charge in [0.2, 0.25) is 0 Å². The largest absolute Gasteiger partial charge is 0.391 e. The first-order chi connectivity index (χ1) is 18.1. The van der Waals surface area contributed by atoms with Gasteiger partial charge in [0.25, 0.3) is 0 Å². The second kappa shape index (κ2) is 20.7. The second-order valence-corrected chi connectivity index (χ2v) is 11.7. The third-order valence-corrected chi connectivity index (χ3v) is 7.02. The summed E-state index contributed by atoms with van der Waals surface area (Å²) < 4.78 is 0. The number of hydrogen-bond acceptors (Lipinski definition) is 5. The first kappa shape index (κ1) is 35.8. The molecule has 1 atom stereocenters. The molecule has 0 amide bonds. The molecular formula is C33H55N3OS. The minimum Gasteiger partial charge on any atom is -0.391 e. The van der Waals surface area contributed by atoms with Crippen molar-refractivity contribution in [3.05, 3.63) is 91.8 Å². The van der Waals surface area contributed by atoms with Crippen molar-refractivity contribution in [2.24, 2.45) is 5.41 Å². The average Bonchev–Trinajstić information content (AvgIpc) is 3.52. The van der Waals surface area contributed by atoms with Crippen molar-refractivity contribution in [2.45, 2.75) is 78.9 Å². The Morgan fingerprint density at radius 3 is 2.11 bits per heavy atom. The Morgan fingerprint density at radius 2 is 1.71 bits per heavy atom. The third-order valence-electron chi connectivity index (χ3n) is 5.90. The molecule has 3 N–H and O–H groups in total. The predicted molar refractivity (Wildman–Crippen MR) is 173 cm³/mol. The van der Waals surface area contributed by atoms with Gasteiger partial charge >= 0.3 is 0 Å². The van der Waals surface area contributed by atoms with Crippen molar-refractivity contribution in [1.29, 1.82) is 0 Å². The van der Waals surface area contributed by atoms with E-state index in [-0.39, 0.29) is 6.10 Å². The number of hydrogen-bond donors (Lipinski definition) is 3. The number of nitrogens with one attached hydrogen (secondary N) is 2. The van der Waals surface area contributed by atoms with Crippen molar-refractivity contribution in [2.75, 3.05) is 26.0 Å². The fourth-order valence-corrected chi connectivity index (χ4v) is 5.04. The zero-order valence-electron chi connectivity index (χ0n) is 25.0. The number of thioether (sulfide) groups is 1. The molecule has 0 bridgehead atoms. The molecule has 1 aromatic rings. The molecule has 5 heteroatoms. The summed E-state index contributed by atoms with van der Waals surface area (Å²) in [5.41, 5.74) is 5.41. The Morgan fingerprint density at radius 1 is 1.13 bits per heavy atom. The number of β-amino-alcohol motifs (C(OH)–C–C–N with tert-alkyl or cyclic N) is 1. The van der Waals surface area contributed by atoms with Crippen LogP contribution >= 0.6 is 11.8 Å². The summed E-state index contributed by atoms with van der Waals surface area (Å²) in [6, 6.07) is 8.77. The summed E-state index contributed by atoms with van der Waals surface area (Å²) in [5, 5.41) is 15.9. The summed E-state index contributed by atoms with van der Waals surface area (Å²) >= 11 is 1.88. The lowest BCUT2D eigenvalue weighted by Crippen LogP contribution is -2.23. The van der Waals surface area contributed by atoms with Crippen molar-refractivity contribution in [3.63, 3.8) is 0 Å². The first-order valence-corrected chi connectivity index (χ1v) is 14.7. The summed E-state index contributed by atoms with van der Waals surface area (Å²) in [4.78, 5) is 3.58. The maximum atomic E-state index is 9.36. The third kappa shape index (κ3) is 15.9. The zero-order chi connectivity index (χ0) is 29.0. The molecule has 0 aliphatic carbocycles. The van der Waals surface area contributed by atoms with Crippen LogP contribution in [0.3, 0.4) is 0 Å². The molecule has 38 heavy (non-hydrogen) atoms. The number of likely N-dealkylation sites (tertiary alicyclic amines) is 1. The lowest BCUT2D eigenvalue weighted by Gasteiger charge is -2.26. The molecule has 0 radical (unpaired) electrons. The van der Waals surface area contributed by atoms with Gasteiger partial charge in [-0.25, -0.2) is 0 Å². The normalized spacial score (nSPS) is 16.2. The molecule has 214 valence electrons. The molecule has 0 spiro atoms. The van der Waals surface area contributed by atoms with Gasteiger partial charge in [0.15, 0.2) is 0 Å². The van der Waals surface area contributed by atoms with Gasteiger partial charge in [-0.3, -0.25) is 0 Å². The number of unbranched alkanes of at least 4 members (excludes halogenated alkanes) is 3. The maximum Gasteiger partial charge on any atom is 0.0731 e. The standard InChI is InChI=1S/C12H16N2S.C11H21NO.C8H14.C2H4/c1-9-12(15-8-14-9)11-5-3-10(4-6-11)7-13-2;1-9(7-11(2,3)4)12-6-5-10(13)8-12;1-3-5-7-8-6-4-2;1-2/h3-6,13-14H,7-8H2,1-2H3;10,13H,1,5-8H2,2-4H3;3-4H,1-2,5-8H2;1-2H2. The van der Waals surface area contributed by atoms with Crippen LogP contribution in [-0.4, -0.2) is 42.1 Å². The van der Waals surface area contributed by atoms with Crippen LogP contribution in [0.25, 0.3) is 4.91 Å². The fourth-order valence-electron chi connectivity index (χ4n) is 4.01. The second-order valence-electron chi connectivity index (χ2n) is 10.7. The Balaban J connectivity index is 0.000000546. The Kier molecular flexibility index (Phi) is 19.5. The summed E-state index contributed by atoms with van der Waals surface area (Å²) in [6.07, 6.45) is 10.5. The van der Waals surface area contributed by atoms with E-state index in [1.54, 1.807) is 0 Å². The first-order valence-electron chi connectivity index (χ1n) is 13.7. The molecule has 3 rings (SSSR count). The fraction of sp³-hybridized carbons (Fsp3) is 0.515. The van der Waals surface area contributed by atoms with Crippen LogP contribution < -0.4 is 10.6 Å². The van der Waals surface area contributed by atoms with Crippen LogP contribution in [0, 0.1) is 5.41 Å². The van der Waals surface area contributed by atoms with Crippen LogP contribution in [0.1, 0.15) is 77.3 Å². The highest BCUT2D eigenvalue weighted by molar-refractivity contribution is 8.08. The minimum absolute atomic E-state index is 0.142. The smallest absolute Gasteiger partial charge is 0.0731 e. The number of nitrogens with zero attached hydrogens (tertiary/aromatic N) is 1. The number of aliphatic hydroxyl groups is 1. The Labute approximate surface area is 239 Å². The van der Waals surface area contributed by atoms with Crippen LogP contribution in [0.4, 0.5) is 0 Å². The van der Waals surface area contributed by atoms with Gasteiger partial charge in [-0.1, -0.05) is 63.8 Å². The SMILES string of the molecule is C=C.C=C(CC(C)(C)C)N1CCC(O)C1.C=CCCCCC=C.CNCc1ccc(C2=C(C)NCS2)cc1. The van der Waals surface area contributed by atoms with Crippen molar-refractivity contribution >= 4 is 16.7 Å². The van der Waals surface area contributed by atoms with E-state index in [1.807, 2.05) is 31.0 Å². The molecule has 1 fully saturated rings. The van der Waals surface area contributed by atoms with E-state index in [1.165, 1.54) is 40.3 Å². The van der Waals surface area contributed by atoms with Gasteiger partial charge in [-0.05, 0) is 69.0 Å². The Hall–Kier alpha value is -2.21. The topological polar surface area (TPSA) is 47.5 Å². The van der Waals surface area contributed by atoms with Crippen LogP contribution in [0.2, 0.25) is 0 Å². The van der Waals surface area contributed by atoms with Gasteiger partial charge in [-0.2, -0.15) is 0 Å². The number of allylic oxidation sites excluding steroid dienone is 4. The van der Waals surface area contributed by atoms with Crippen LogP contribution in [0.15, 0.2) is 80.7 Å². The number of rotatable bonds is 10. The number of aliphatic hydroxyl groups excluding tert-OH is 1. The molecular weight excluding hydrogens is 486 g/mol. The summed E-state index contributed by atoms with van der Waals surface area (Å²) in [7, 11) is 1.97. The highest BCUT2D eigenvalue weighted by Crippen LogP contribution is 2.33. The lowest BCUT2D eigenvalue weighted by molar-refractivity contribution is 0.181. The molecule has 2 aliphatic rings. The van der Waals surface area contributed by atoms with E-state index < -0.39 is 0 Å². The highest BCUT2D eigenvalue weighted by atomic mass is 32.2. The van der Waals surface area contributed by atoms with Crippen molar-refractivity contribution in [1.82, 2.24) is 15.5 Å². The monoisotopic (exact) mass is 541 g/mol. The molecule has 1 saturated heterocycles. The molecule has 4 nitrogen and oxygen atoms in total. The van der Waals surface area contributed by atoms with Crippen LogP contribution in [0.5, 0.6) is 0 Å². The van der Waals surface area contributed by atoms with Gasteiger partial charge < -0.3 is 20.6 Å². The van der Waals surface area contributed by atoms with Gasteiger partial charge in [0, 0.05) is 35.9 Å². The Bertz CT molecular complexity index is 829.